The molecule has 1 fully saturated rings. The summed E-state index contributed by atoms with van der Waals surface area (Å²) in [6.45, 7) is 2.54. The fraction of sp³-hybridized carbons (Fsp3) is 0.353. The van der Waals surface area contributed by atoms with Crippen LogP contribution in [0.25, 0.3) is 11.3 Å². The van der Waals surface area contributed by atoms with Gasteiger partial charge in [-0.1, -0.05) is 29.8 Å². The van der Waals surface area contributed by atoms with Crippen LogP contribution < -0.4 is 0 Å². The van der Waals surface area contributed by atoms with Gasteiger partial charge in [-0.25, -0.2) is 4.98 Å². The Labute approximate surface area is 133 Å². The van der Waals surface area contributed by atoms with Crippen molar-refractivity contribution in [2.75, 3.05) is 6.54 Å². The molecule has 1 saturated heterocycles. The zero-order chi connectivity index (χ0) is 16.4. The van der Waals surface area contributed by atoms with Crippen LogP contribution in [0, 0.1) is 6.92 Å². The van der Waals surface area contributed by atoms with Gasteiger partial charge in [0.2, 0.25) is 0 Å². The Kier molecular flexibility index (Phi) is 4.14. The third-order valence-corrected chi connectivity index (χ3v) is 4.13. The molecule has 120 valence electrons. The number of carboxylic acid groups (broad SMARTS) is 1. The summed E-state index contributed by atoms with van der Waals surface area (Å²) in [6, 6.07) is 7.36. The van der Waals surface area contributed by atoms with Gasteiger partial charge in [-0.15, -0.1) is 0 Å². The van der Waals surface area contributed by atoms with Gasteiger partial charge in [-0.2, -0.15) is 0 Å². The Balaban J connectivity index is 1.87. The van der Waals surface area contributed by atoms with Crippen molar-refractivity contribution in [1.82, 2.24) is 9.88 Å². The molecule has 2 aromatic rings. The lowest BCUT2D eigenvalue weighted by atomic mass is 10.1. The number of nitrogens with zero attached hydrogens (tertiary/aromatic N) is 2. The molecular weight excluding hydrogens is 296 g/mol. The summed E-state index contributed by atoms with van der Waals surface area (Å²) in [6.07, 6.45) is 2.73. The molecule has 1 unspecified atom stereocenters. The van der Waals surface area contributed by atoms with E-state index in [0.29, 0.717) is 18.7 Å². The second-order valence-electron chi connectivity index (χ2n) is 5.79. The molecule has 1 atom stereocenters. The van der Waals surface area contributed by atoms with Crippen molar-refractivity contribution in [3.05, 3.63) is 41.9 Å². The number of aliphatic carboxylic acids is 1. The van der Waals surface area contributed by atoms with Crippen molar-refractivity contribution in [3.63, 3.8) is 0 Å². The van der Waals surface area contributed by atoms with Crippen LogP contribution in [0.2, 0.25) is 0 Å². The molecule has 1 aliphatic rings. The minimum Gasteiger partial charge on any atom is -0.481 e. The molecule has 0 bridgehead atoms. The van der Waals surface area contributed by atoms with Gasteiger partial charge in [0.15, 0.2) is 17.8 Å². The van der Waals surface area contributed by atoms with Crippen LogP contribution in [0.1, 0.15) is 35.3 Å². The van der Waals surface area contributed by atoms with E-state index in [1.165, 1.54) is 6.39 Å². The standard InChI is InChI=1S/C17H18N2O4/c1-11-4-6-12(7-5-11)16-15(18-10-23-16)17(22)19-8-2-3-13(19)9-14(20)21/h4-7,10,13H,2-3,8-9H2,1H3,(H,20,21). The minimum absolute atomic E-state index is 0.0382. The van der Waals surface area contributed by atoms with E-state index in [4.69, 9.17) is 9.52 Å². The maximum Gasteiger partial charge on any atom is 0.305 e. The van der Waals surface area contributed by atoms with Gasteiger partial charge in [0.1, 0.15) is 0 Å². The first-order chi connectivity index (χ1) is 11.1. The van der Waals surface area contributed by atoms with Gasteiger partial charge >= 0.3 is 5.97 Å². The number of aromatic nitrogens is 1. The van der Waals surface area contributed by atoms with Gasteiger partial charge in [0.25, 0.3) is 5.91 Å². The lowest BCUT2D eigenvalue weighted by Gasteiger charge is -2.22. The predicted molar refractivity (Wildman–Crippen MR) is 83.0 cm³/mol. The smallest absolute Gasteiger partial charge is 0.305 e. The molecule has 1 aliphatic heterocycles. The summed E-state index contributed by atoms with van der Waals surface area (Å²) in [5.41, 5.74) is 2.14. The van der Waals surface area contributed by atoms with Crippen molar-refractivity contribution in [3.8, 4) is 11.3 Å². The van der Waals surface area contributed by atoms with Crippen molar-refractivity contribution in [1.29, 1.82) is 0 Å². The second-order valence-corrected chi connectivity index (χ2v) is 5.79. The molecule has 0 aliphatic carbocycles. The molecule has 6 nitrogen and oxygen atoms in total. The van der Waals surface area contributed by atoms with Crippen LogP contribution in [0.3, 0.4) is 0 Å². The monoisotopic (exact) mass is 314 g/mol. The van der Waals surface area contributed by atoms with Crippen molar-refractivity contribution >= 4 is 11.9 Å². The Morgan fingerprint density at radius 3 is 2.78 bits per heavy atom. The fourth-order valence-electron chi connectivity index (χ4n) is 2.96. The Morgan fingerprint density at radius 2 is 2.09 bits per heavy atom. The van der Waals surface area contributed by atoms with E-state index in [1.807, 2.05) is 31.2 Å². The first-order valence-corrected chi connectivity index (χ1v) is 7.59. The number of oxazole rings is 1. The van der Waals surface area contributed by atoms with E-state index in [-0.39, 0.29) is 24.1 Å². The average molecular weight is 314 g/mol. The SMILES string of the molecule is Cc1ccc(-c2ocnc2C(=O)N2CCCC2CC(=O)O)cc1. The summed E-state index contributed by atoms with van der Waals surface area (Å²) in [5.74, 6) is -0.734. The van der Waals surface area contributed by atoms with E-state index in [2.05, 4.69) is 4.98 Å². The molecule has 3 rings (SSSR count). The highest BCUT2D eigenvalue weighted by atomic mass is 16.4. The Hall–Kier alpha value is -2.63. The molecule has 1 N–H and O–H groups in total. The van der Waals surface area contributed by atoms with Crippen molar-refractivity contribution < 1.29 is 19.1 Å². The number of carbonyl (C=O) groups is 2. The summed E-state index contributed by atoms with van der Waals surface area (Å²) in [5, 5.41) is 8.99. The first kappa shape index (κ1) is 15.3. The highest BCUT2D eigenvalue weighted by Crippen LogP contribution is 2.28. The molecule has 1 amide bonds. The third kappa shape index (κ3) is 3.11. The van der Waals surface area contributed by atoms with E-state index in [1.54, 1.807) is 4.90 Å². The average Bonchev–Trinajstić information content (AvgIpc) is 3.16. The Morgan fingerprint density at radius 1 is 1.35 bits per heavy atom. The van der Waals surface area contributed by atoms with Crippen LogP contribution >= 0.6 is 0 Å². The summed E-state index contributed by atoms with van der Waals surface area (Å²) >= 11 is 0. The molecule has 0 saturated carbocycles. The molecule has 0 radical (unpaired) electrons. The lowest BCUT2D eigenvalue weighted by Crippen LogP contribution is -2.37. The van der Waals surface area contributed by atoms with Crippen LogP contribution in [0.15, 0.2) is 35.1 Å². The molecular formula is C17H18N2O4. The van der Waals surface area contributed by atoms with Crippen LogP contribution in [-0.2, 0) is 4.79 Å². The molecule has 1 aromatic carbocycles. The second kappa shape index (κ2) is 6.24. The van der Waals surface area contributed by atoms with Crippen LogP contribution in [0.5, 0.6) is 0 Å². The highest BCUT2D eigenvalue weighted by Gasteiger charge is 2.33. The molecule has 2 heterocycles. The number of aryl methyl sites for hydroxylation is 1. The predicted octanol–water partition coefficient (Wildman–Crippen LogP) is 2.73. The van der Waals surface area contributed by atoms with Gasteiger partial charge in [0, 0.05) is 18.2 Å². The zero-order valence-electron chi connectivity index (χ0n) is 12.9. The maximum atomic E-state index is 12.8. The van der Waals surface area contributed by atoms with Gasteiger partial charge in [0.05, 0.1) is 6.42 Å². The minimum atomic E-state index is -0.895. The number of carboxylic acids is 1. The van der Waals surface area contributed by atoms with Gasteiger partial charge < -0.3 is 14.4 Å². The number of hydrogen-bond donors (Lipinski definition) is 1. The summed E-state index contributed by atoms with van der Waals surface area (Å²) in [7, 11) is 0. The van der Waals surface area contributed by atoms with E-state index < -0.39 is 5.97 Å². The van der Waals surface area contributed by atoms with E-state index in [9.17, 15) is 9.59 Å². The Bertz CT molecular complexity index is 720. The third-order valence-electron chi connectivity index (χ3n) is 4.13. The lowest BCUT2D eigenvalue weighted by molar-refractivity contribution is -0.137. The van der Waals surface area contributed by atoms with Crippen molar-refractivity contribution in [2.45, 2.75) is 32.2 Å². The van der Waals surface area contributed by atoms with Crippen LogP contribution in [-0.4, -0.2) is 39.5 Å². The molecule has 23 heavy (non-hydrogen) atoms. The topological polar surface area (TPSA) is 83.6 Å². The number of carbonyl (C=O) groups excluding carboxylic acids is 1. The quantitative estimate of drug-likeness (QED) is 0.938. The van der Waals surface area contributed by atoms with E-state index >= 15 is 0 Å². The van der Waals surface area contributed by atoms with E-state index in [0.717, 1.165) is 17.5 Å². The largest absolute Gasteiger partial charge is 0.481 e. The first-order valence-electron chi connectivity index (χ1n) is 7.59. The fourth-order valence-corrected chi connectivity index (χ4v) is 2.96. The summed E-state index contributed by atoms with van der Waals surface area (Å²) in [4.78, 5) is 29.4. The number of rotatable bonds is 4. The number of likely N-dealkylation sites (tertiary alicyclic amines) is 1. The normalized spacial score (nSPS) is 17.4. The number of benzene rings is 1. The zero-order valence-corrected chi connectivity index (χ0v) is 12.9. The molecule has 0 spiro atoms. The summed E-state index contributed by atoms with van der Waals surface area (Å²) < 4.78 is 5.41. The number of amides is 1. The van der Waals surface area contributed by atoms with Crippen molar-refractivity contribution in [2.24, 2.45) is 0 Å². The van der Waals surface area contributed by atoms with Gasteiger partial charge in [-0.3, -0.25) is 9.59 Å². The highest BCUT2D eigenvalue weighted by molar-refractivity contribution is 5.98. The van der Waals surface area contributed by atoms with Crippen LogP contribution in [0.4, 0.5) is 0 Å². The molecule has 6 heteroatoms. The van der Waals surface area contributed by atoms with Gasteiger partial charge in [-0.05, 0) is 19.8 Å². The number of hydrogen-bond acceptors (Lipinski definition) is 4. The maximum absolute atomic E-state index is 12.8. The molecule has 1 aromatic heterocycles.